The Bertz CT molecular complexity index is 420. The highest BCUT2D eigenvalue weighted by Crippen LogP contribution is 2.29. The third kappa shape index (κ3) is 2.79. The molecule has 2 rings (SSSR count). The quantitative estimate of drug-likeness (QED) is 0.894. The highest BCUT2D eigenvalue weighted by molar-refractivity contribution is 6.33. The van der Waals surface area contributed by atoms with Gasteiger partial charge in [-0.1, -0.05) is 17.7 Å². The van der Waals surface area contributed by atoms with E-state index in [0.717, 1.165) is 35.9 Å². The number of nitrogens with zero attached hydrogens (tertiary/aromatic N) is 2. The van der Waals surface area contributed by atoms with Crippen LogP contribution in [0, 0.1) is 0 Å². The fourth-order valence-corrected chi connectivity index (χ4v) is 2.64. The highest BCUT2D eigenvalue weighted by atomic mass is 35.5. The SMILES string of the molecule is CC1CN(c2ccc([C@H](C)N)cc2Cl)CCN1C. The van der Waals surface area contributed by atoms with E-state index in [9.17, 15) is 0 Å². The van der Waals surface area contributed by atoms with Crippen LogP contribution in [-0.4, -0.2) is 37.6 Å². The minimum atomic E-state index is 0.0305. The number of benzene rings is 1. The molecule has 1 heterocycles. The van der Waals surface area contributed by atoms with E-state index in [1.54, 1.807) is 0 Å². The summed E-state index contributed by atoms with van der Waals surface area (Å²) in [6.45, 7) is 7.35. The molecule has 18 heavy (non-hydrogen) atoms. The largest absolute Gasteiger partial charge is 0.367 e. The van der Waals surface area contributed by atoms with E-state index < -0.39 is 0 Å². The van der Waals surface area contributed by atoms with Gasteiger partial charge in [0.25, 0.3) is 0 Å². The summed E-state index contributed by atoms with van der Waals surface area (Å²) < 4.78 is 0. The van der Waals surface area contributed by atoms with E-state index in [1.807, 2.05) is 13.0 Å². The monoisotopic (exact) mass is 267 g/mol. The van der Waals surface area contributed by atoms with Crippen molar-refractivity contribution in [1.29, 1.82) is 0 Å². The maximum atomic E-state index is 6.38. The zero-order chi connectivity index (χ0) is 13.3. The van der Waals surface area contributed by atoms with E-state index in [4.69, 9.17) is 17.3 Å². The molecule has 100 valence electrons. The number of anilines is 1. The van der Waals surface area contributed by atoms with E-state index in [1.165, 1.54) is 0 Å². The molecule has 0 aromatic heterocycles. The highest BCUT2D eigenvalue weighted by Gasteiger charge is 2.22. The molecule has 1 unspecified atom stereocenters. The van der Waals surface area contributed by atoms with E-state index in [2.05, 4.69) is 35.9 Å². The number of rotatable bonds is 2. The van der Waals surface area contributed by atoms with Crippen LogP contribution in [0.2, 0.25) is 5.02 Å². The van der Waals surface area contributed by atoms with Gasteiger partial charge in [0.05, 0.1) is 10.7 Å². The predicted octanol–water partition coefficient (Wildman–Crippen LogP) is 2.50. The normalized spacial score (nSPS) is 23.2. The lowest BCUT2D eigenvalue weighted by Gasteiger charge is -2.39. The molecule has 2 atom stereocenters. The fourth-order valence-electron chi connectivity index (χ4n) is 2.33. The standard InChI is InChI=1S/C14H22ClN3/c1-10-9-18(7-6-17(10)3)14-5-4-12(11(2)16)8-13(14)15/h4-5,8,10-11H,6-7,9,16H2,1-3H3/t10?,11-/m0/s1. The van der Waals surface area contributed by atoms with E-state index >= 15 is 0 Å². The van der Waals surface area contributed by atoms with Crippen molar-refractivity contribution < 1.29 is 0 Å². The zero-order valence-corrected chi connectivity index (χ0v) is 12.1. The van der Waals surface area contributed by atoms with Crippen molar-refractivity contribution in [1.82, 2.24) is 4.90 Å². The molecule has 0 saturated carbocycles. The van der Waals surface area contributed by atoms with Crippen LogP contribution in [-0.2, 0) is 0 Å². The first kappa shape index (κ1) is 13.7. The van der Waals surface area contributed by atoms with E-state index in [-0.39, 0.29) is 6.04 Å². The van der Waals surface area contributed by atoms with E-state index in [0.29, 0.717) is 6.04 Å². The third-order valence-electron chi connectivity index (χ3n) is 3.80. The van der Waals surface area contributed by atoms with Crippen molar-refractivity contribution in [3.63, 3.8) is 0 Å². The van der Waals surface area contributed by atoms with Crippen LogP contribution in [0.5, 0.6) is 0 Å². The molecule has 0 amide bonds. The Morgan fingerprint density at radius 3 is 2.67 bits per heavy atom. The molecule has 1 aromatic carbocycles. The Hall–Kier alpha value is -0.770. The summed E-state index contributed by atoms with van der Waals surface area (Å²) in [5, 5.41) is 0.807. The summed E-state index contributed by atoms with van der Waals surface area (Å²) in [5.41, 5.74) is 8.09. The van der Waals surface area contributed by atoms with Gasteiger partial charge in [-0.05, 0) is 38.6 Å². The summed E-state index contributed by atoms with van der Waals surface area (Å²) in [7, 11) is 2.17. The first-order valence-electron chi connectivity index (χ1n) is 6.49. The zero-order valence-electron chi connectivity index (χ0n) is 11.4. The summed E-state index contributed by atoms with van der Waals surface area (Å²) in [4.78, 5) is 4.73. The van der Waals surface area contributed by atoms with Crippen LogP contribution in [0.4, 0.5) is 5.69 Å². The molecule has 1 aliphatic rings. The summed E-state index contributed by atoms with van der Waals surface area (Å²) >= 11 is 6.38. The first-order valence-corrected chi connectivity index (χ1v) is 6.87. The van der Waals surface area contributed by atoms with Crippen molar-refractivity contribution >= 4 is 17.3 Å². The van der Waals surface area contributed by atoms with Gasteiger partial charge in [-0.2, -0.15) is 0 Å². The Labute approximate surface area is 115 Å². The Morgan fingerprint density at radius 2 is 2.11 bits per heavy atom. The topological polar surface area (TPSA) is 32.5 Å². The maximum absolute atomic E-state index is 6.38. The molecule has 3 nitrogen and oxygen atoms in total. The lowest BCUT2D eigenvalue weighted by molar-refractivity contribution is 0.234. The van der Waals surface area contributed by atoms with Gasteiger partial charge in [-0.15, -0.1) is 0 Å². The van der Waals surface area contributed by atoms with Crippen molar-refractivity contribution in [3.05, 3.63) is 28.8 Å². The van der Waals surface area contributed by atoms with Crippen LogP contribution in [0.15, 0.2) is 18.2 Å². The molecule has 1 fully saturated rings. The van der Waals surface area contributed by atoms with Crippen molar-refractivity contribution in [2.24, 2.45) is 5.73 Å². The summed E-state index contributed by atoms with van der Waals surface area (Å²) in [6.07, 6.45) is 0. The van der Waals surface area contributed by atoms with Crippen LogP contribution in [0.1, 0.15) is 25.5 Å². The van der Waals surface area contributed by atoms with Crippen LogP contribution < -0.4 is 10.6 Å². The minimum absolute atomic E-state index is 0.0305. The molecule has 0 radical (unpaired) electrons. The molecular formula is C14H22ClN3. The summed E-state index contributed by atoms with van der Waals surface area (Å²) in [6, 6.07) is 6.75. The van der Waals surface area contributed by atoms with Gasteiger partial charge in [0.1, 0.15) is 0 Å². The van der Waals surface area contributed by atoms with Crippen molar-refractivity contribution in [2.45, 2.75) is 25.9 Å². The van der Waals surface area contributed by atoms with Gasteiger partial charge in [0.15, 0.2) is 0 Å². The lowest BCUT2D eigenvalue weighted by atomic mass is 10.1. The molecule has 0 aliphatic carbocycles. The molecule has 1 aliphatic heterocycles. The predicted molar refractivity (Wildman–Crippen MR) is 78.4 cm³/mol. The van der Waals surface area contributed by atoms with Crippen molar-refractivity contribution in [2.75, 3.05) is 31.6 Å². The molecule has 1 saturated heterocycles. The number of hydrogen-bond acceptors (Lipinski definition) is 3. The Balaban J connectivity index is 2.19. The van der Waals surface area contributed by atoms with Gasteiger partial charge in [-0.3, -0.25) is 0 Å². The van der Waals surface area contributed by atoms with Gasteiger partial charge >= 0.3 is 0 Å². The average Bonchev–Trinajstić information content (AvgIpc) is 2.32. The summed E-state index contributed by atoms with van der Waals surface area (Å²) in [5.74, 6) is 0. The van der Waals surface area contributed by atoms with Crippen LogP contribution >= 0.6 is 11.6 Å². The number of nitrogens with two attached hydrogens (primary N) is 1. The Kier molecular flexibility index (Phi) is 4.15. The molecule has 0 bridgehead atoms. The molecule has 1 aromatic rings. The second-order valence-corrected chi connectivity index (χ2v) is 5.68. The molecule has 0 spiro atoms. The minimum Gasteiger partial charge on any atom is -0.367 e. The second-order valence-electron chi connectivity index (χ2n) is 5.28. The van der Waals surface area contributed by atoms with Crippen molar-refractivity contribution in [3.8, 4) is 0 Å². The fraction of sp³-hybridized carbons (Fsp3) is 0.571. The van der Waals surface area contributed by atoms with Gasteiger partial charge in [-0.25, -0.2) is 0 Å². The van der Waals surface area contributed by atoms with Gasteiger partial charge in [0, 0.05) is 31.7 Å². The first-order chi connectivity index (χ1) is 8.49. The maximum Gasteiger partial charge on any atom is 0.0642 e. The average molecular weight is 268 g/mol. The van der Waals surface area contributed by atoms with Gasteiger partial charge < -0.3 is 15.5 Å². The third-order valence-corrected chi connectivity index (χ3v) is 4.10. The molecule has 4 heteroatoms. The Morgan fingerprint density at radius 1 is 1.39 bits per heavy atom. The molecular weight excluding hydrogens is 246 g/mol. The number of likely N-dealkylation sites (N-methyl/N-ethyl adjacent to an activating group) is 1. The van der Waals surface area contributed by atoms with Crippen LogP contribution in [0.25, 0.3) is 0 Å². The number of piperazine rings is 1. The smallest absolute Gasteiger partial charge is 0.0642 e. The van der Waals surface area contributed by atoms with Gasteiger partial charge in [0.2, 0.25) is 0 Å². The van der Waals surface area contributed by atoms with Crippen LogP contribution in [0.3, 0.4) is 0 Å². The number of halogens is 1. The molecule has 2 N–H and O–H groups in total. The second kappa shape index (κ2) is 5.47. The number of hydrogen-bond donors (Lipinski definition) is 1. The lowest BCUT2D eigenvalue weighted by Crippen LogP contribution is -2.50.